The largest absolute Gasteiger partial charge is 3.00 e. The number of carbonyl (C=O) groups excluding carboxylic acids is 6. The van der Waals surface area contributed by atoms with Crippen molar-refractivity contribution in [2.24, 2.45) is 0 Å². The third-order valence-corrected chi connectivity index (χ3v) is 10.6. The Morgan fingerprint density at radius 1 is 0.297 bits per heavy atom. The van der Waals surface area contributed by atoms with Gasteiger partial charge in [0, 0.05) is 37.0 Å². The first kappa shape index (κ1) is 51.7. The smallest absolute Gasteiger partial charge is 0.542 e. The number of hydrogen-bond donors (Lipinski definition) is 0. The summed E-state index contributed by atoms with van der Waals surface area (Å²) in [6.45, 7) is 0. The molecule has 0 bridgehead atoms. The molecule has 64 heavy (non-hydrogen) atoms. The molecule has 0 saturated carbocycles. The van der Waals surface area contributed by atoms with E-state index < -0.39 is 35.3 Å². The number of benzene rings is 6. The molecule has 0 aromatic heterocycles. The molecule has 10 heteroatoms. The van der Waals surface area contributed by atoms with E-state index in [0.29, 0.717) is 19.3 Å². The molecule has 0 aliphatic heterocycles. The van der Waals surface area contributed by atoms with Crippen LogP contribution in [0.4, 0.5) is 0 Å². The second-order valence-electron chi connectivity index (χ2n) is 14.9. The summed E-state index contributed by atoms with van der Waals surface area (Å²) < 4.78 is 0. The number of hydrogen-bond acceptors (Lipinski definition) is 9. The van der Waals surface area contributed by atoms with Crippen LogP contribution in [0.2, 0.25) is 0 Å². The van der Waals surface area contributed by atoms with Gasteiger partial charge < -0.3 is 29.7 Å². The van der Waals surface area contributed by atoms with Crippen LogP contribution in [0, 0.1) is 0 Å². The third-order valence-electron chi connectivity index (χ3n) is 10.6. The maximum absolute atomic E-state index is 11.1. The quantitative estimate of drug-likeness (QED) is 0.0695. The fourth-order valence-corrected chi connectivity index (χ4v) is 7.40. The van der Waals surface area contributed by atoms with Crippen LogP contribution in [0.5, 0.6) is 0 Å². The minimum absolute atomic E-state index is 0. The van der Waals surface area contributed by atoms with Gasteiger partial charge in [-0.15, -0.1) is 0 Å². The van der Waals surface area contributed by atoms with Gasteiger partial charge in [-0.3, -0.25) is 14.4 Å². The number of carboxylic acids is 3. The average Bonchev–Trinajstić information content (AvgIpc) is 3.32. The average molecular weight is 1040 g/mol. The van der Waals surface area contributed by atoms with Gasteiger partial charge in [-0.2, -0.15) is 0 Å². The van der Waals surface area contributed by atoms with Crippen molar-refractivity contribution in [3.63, 3.8) is 0 Å². The van der Waals surface area contributed by atoms with Gasteiger partial charge in [0.1, 0.15) is 17.9 Å². The van der Waals surface area contributed by atoms with E-state index in [0.717, 1.165) is 19.3 Å². The first-order valence-corrected chi connectivity index (χ1v) is 21.1. The number of aliphatic carboxylic acids is 3. The summed E-state index contributed by atoms with van der Waals surface area (Å²) >= 11 is 0. The van der Waals surface area contributed by atoms with Gasteiger partial charge in [0.05, 0.1) is 0 Å². The number of Topliss-reactive ketones (excluding diaryl/α,β-unsaturated/α-hetero) is 3. The van der Waals surface area contributed by atoms with Crippen molar-refractivity contribution < 1.29 is 64.2 Å². The Hall–Kier alpha value is -6.61. The van der Waals surface area contributed by atoms with Crippen molar-refractivity contribution in [2.75, 3.05) is 0 Å². The summed E-state index contributed by atoms with van der Waals surface area (Å²) in [7, 11) is 0. The van der Waals surface area contributed by atoms with Crippen LogP contribution in [0.25, 0.3) is 0 Å². The summed E-state index contributed by atoms with van der Waals surface area (Å²) in [5.41, 5.74) is 7.03. The Labute approximate surface area is 388 Å². The molecule has 330 valence electrons. The van der Waals surface area contributed by atoms with Gasteiger partial charge in [-0.1, -0.05) is 182 Å². The summed E-state index contributed by atoms with van der Waals surface area (Å²) in [6, 6.07) is 60.2. The molecule has 0 amide bonds. The van der Waals surface area contributed by atoms with Crippen molar-refractivity contribution in [3.8, 4) is 0 Å². The number of carbonyl (C=O) groups is 6. The number of ketones is 3. The molecule has 6 rings (SSSR count). The molecule has 6 aromatic carbocycles. The maximum Gasteiger partial charge on any atom is 3.00 e. The maximum atomic E-state index is 11.1. The Morgan fingerprint density at radius 3 is 0.594 bits per heavy atom. The Balaban J connectivity index is 0.000000253. The Kier molecular flexibility index (Phi) is 23.4. The first-order valence-electron chi connectivity index (χ1n) is 21.1. The van der Waals surface area contributed by atoms with Crippen LogP contribution < -0.4 is 15.3 Å². The summed E-state index contributed by atoms with van der Waals surface area (Å²) in [6.07, 6.45) is 3.85. The molecule has 0 spiro atoms. The Morgan fingerprint density at radius 2 is 0.453 bits per heavy atom. The van der Waals surface area contributed by atoms with Crippen LogP contribution in [0.1, 0.15) is 109 Å². The molecule has 0 saturated heterocycles. The van der Waals surface area contributed by atoms with E-state index in [1.54, 1.807) is 0 Å². The molecule has 0 aliphatic carbocycles. The zero-order valence-electron chi connectivity index (χ0n) is 35.4. The van der Waals surface area contributed by atoms with Crippen molar-refractivity contribution in [2.45, 2.75) is 75.5 Å². The van der Waals surface area contributed by atoms with E-state index in [1.807, 2.05) is 109 Å². The number of carboxylic acid groups (broad SMARTS) is 3. The molecular weight excluding hydrogens is 985 g/mol. The molecule has 6 aromatic rings. The van der Waals surface area contributed by atoms with E-state index in [2.05, 4.69) is 72.8 Å². The van der Waals surface area contributed by atoms with Gasteiger partial charge in [-0.25, -0.2) is 0 Å². The first-order chi connectivity index (χ1) is 30.5. The molecule has 9 nitrogen and oxygen atoms in total. The number of rotatable bonds is 21. The van der Waals surface area contributed by atoms with Crippen LogP contribution in [0.3, 0.4) is 0 Å². The molecule has 0 unspecified atom stereocenters. The topological polar surface area (TPSA) is 172 Å². The predicted molar refractivity (Wildman–Crippen MR) is 236 cm³/mol. The van der Waals surface area contributed by atoms with Crippen LogP contribution in [-0.2, 0) is 48.9 Å². The summed E-state index contributed by atoms with van der Waals surface area (Å²) in [5.74, 6) is -6.74. The summed E-state index contributed by atoms with van der Waals surface area (Å²) in [4.78, 5) is 64.8. The SMILES string of the molecule is O=C([O-])C(=O)CCCC(c1ccccc1)c1ccccc1.O=C([O-])C(=O)CCCC(c1ccccc1)c1ccccc1.O=C([O-])C(=O)CCCC(c1ccccc1)c1ccccc1.[Ir+3]. The van der Waals surface area contributed by atoms with Crippen molar-refractivity contribution in [3.05, 3.63) is 215 Å². The van der Waals surface area contributed by atoms with Crippen LogP contribution in [0.15, 0.2) is 182 Å². The van der Waals surface area contributed by atoms with E-state index >= 15 is 0 Å². The fourth-order valence-electron chi connectivity index (χ4n) is 7.40. The van der Waals surface area contributed by atoms with Gasteiger partial charge in [0.2, 0.25) is 0 Å². The molecule has 0 atom stereocenters. The van der Waals surface area contributed by atoms with Gasteiger partial charge in [0.25, 0.3) is 0 Å². The zero-order valence-corrected chi connectivity index (χ0v) is 37.8. The van der Waals surface area contributed by atoms with Crippen molar-refractivity contribution in [1.29, 1.82) is 0 Å². The van der Waals surface area contributed by atoms with Crippen molar-refractivity contribution >= 4 is 35.3 Å². The molecule has 0 heterocycles. The van der Waals surface area contributed by atoms with Gasteiger partial charge in [-0.05, 0) is 71.9 Å². The van der Waals surface area contributed by atoms with Crippen LogP contribution in [-0.4, -0.2) is 35.3 Å². The Bertz CT molecular complexity index is 1920. The normalized spacial score (nSPS) is 10.4. The van der Waals surface area contributed by atoms with Gasteiger partial charge in [0.15, 0.2) is 17.3 Å². The van der Waals surface area contributed by atoms with Gasteiger partial charge >= 0.3 is 20.1 Å². The van der Waals surface area contributed by atoms with Crippen molar-refractivity contribution in [1.82, 2.24) is 0 Å². The van der Waals surface area contributed by atoms with Crippen LogP contribution >= 0.6 is 0 Å². The fraction of sp³-hybridized carbons (Fsp3) is 0.222. The molecule has 0 N–H and O–H groups in total. The molecular formula is C54H51IrO9. The third kappa shape index (κ3) is 18.0. The predicted octanol–water partition coefficient (Wildman–Crippen LogP) is 6.92. The minimum Gasteiger partial charge on any atom is -0.542 e. The summed E-state index contributed by atoms with van der Waals surface area (Å²) in [5, 5.41) is 31.4. The van der Waals surface area contributed by atoms with E-state index in [9.17, 15) is 44.1 Å². The zero-order chi connectivity index (χ0) is 45.2. The van der Waals surface area contributed by atoms with E-state index in [1.165, 1.54) is 33.4 Å². The standard InChI is InChI=1S/3C18H18O3.Ir/c3*19-17(18(20)21)13-7-12-16(14-8-3-1-4-9-14)15-10-5-2-6-11-15;/h3*1-6,8-11,16H,7,12-13H2,(H,20,21);/q;;;+3/p-3. The second-order valence-corrected chi connectivity index (χ2v) is 14.9. The van der Waals surface area contributed by atoms with E-state index in [-0.39, 0.29) is 57.1 Å². The molecule has 0 fully saturated rings. The molecule has 0 aliphatic rings. The monoisotopic (exact) mass is 1040 g/mol. The minimum atomic E-state index is -1.59. The second kappa shape index (κ2) is 28.9. The molecule has 0 radical (unpaired) electrons. The van der Waals surface area contributed by atoms with E-state index in [4.69, 9.17) is 0 Å².